The number of anilines is 1. The van der Waals surface area contributed by atoms with E-state index in [9.17, 15) is 9.90 Å². The molecule has 2 saturated heterocycles. The highest BCUT2D eigenvalue weighted by Gasteiger charge is 2.42. The Kier molecular flexibility index (Phi) is 4.09. The number of rotatable bonds is 4. The number of phenolic OH excluding ortho intramolecular Hbond substituents is 1. The molecule has 2 fully saturated rings. The molecule has 1 aromatic heterocycles. The summed E-state index contributed by atoms with van der Waals surface area (Å²) >= 11 is 5.80. The molecule has 0 amide bonds. The normalized spacial score (nSPS) is 22.1. The van der Waals surface area contributed by atoms with Gasteiger partial charge in [-0.1, -0.05) is 17.7 Å². The summed E-state index contributed by atoms with van der Waals surface area (Å²) in [5.74, 6) is 0.700. The number of likely N-dealkylation sites (tertiary alicyclic amines) is 1. The zero-order valence-electron chi connectivity index (χ0n) is 13.5. The highest BCUT2D eigenvalue weighted by molar-refractivity contribution is 6.31. The van der Waals surface area contributed by atoms with Crippen LogP contribution in [-0.2, 0) is 0 Å². The molecule has 128 valence electrons. The van der Waals surface area contributed by atoms with Gasteiger partial charge in [0.2, 0.25) is 0 Å². The predicted molar refractivity (Wildman–Crippen MR) is 97.1 cm³/mol. The number of nitrogens with zero attached hydrogens (tertiary/aromatic N) is 3. The lowest BCUT2D eigenvalue weighted by atomic mass is 10.1. The molecule has 2 aliphatic heterocycles. The Morgan fingerprint density at radius 3 is 2.80 bits per heavy atom. The maximum atomic E-state index is 12.3. The molecule has 4 rings (SSSR count). The highest BCUT2D eigenvalue weighted by Crippen LogP contribution is 2.33. The number of ketones is 1. The molecule has 2 atom stereocenters. The lowest BCUT2D eigenvalue weighted by molar-refractivity contribution is 0.104. The second-order valence-corrected chi connectivity index (χ2v) is 6.86. The first-order valence-corrected chi connectivity index (χ1v) is 8.64. The summed E-state index contributed by atoms with van der Waals surface area (Å²) in [5.41, 5.74) is 0.264. The second-order valence-electron chi connectivity index (χ2n) is 6.42. The molecule has 6 heteroatoms. The van der Waals surface area contributed by atoms with E-state index >= 15 is 0 Å². The van der Waals surface area contributed by atoms with E-state index in [2.05, 4.69) is 14.8 Å². The topological polar surface area (TPSA) is 56.7 Å². The van der Waals surface area contributed by atoms with Crippen molar-refractivity contribution in [2.24, 2.45) is 0 Å². The number of aromatic nitrogens is 1. The van der Waals surface area contributed by atoms with E-state index in [-0.39, 0.29) is 17.1 Å². The van der Waals surface area contributed by atoms with Crippen LogP contribution in [0, 0.1) is 0 Å². The molecule has 0 aliphatic carbocycles. The minimum atomic E-state index is -0.224. The van der Waals surface area contributed by atoms with Crippen molar-refractivity contribution in [1.29, 1.82) is 0 Å². The van der Waals surface area contributed by atoms with Gasteiger partial charge in [-0.05, 0) is 36.8 Å². The van der Waals surface area contributed by atoms with Crippen molar-refractivity contribution in [2.45, 2.75) is 18.5 Å². The number of fused-ring (bicyclic) bond motifs is 2. The number of phenols is 1. The molecule has 25 heavy (non-hydrogen) atoms. The molecule has 0 radical (unpaired) electrons. The van der Waals surface area contributed by atoms with E-state index in [1.54, 1.807) is 12.1 Å². The summed E-state index contributed by atoms with van der Waals surface area (Å²) < 4.78 is 0. The fourth-order valence-electron chi connectivity index (χ4n) is 3.65. The summed E-state index contributed by atoms with van der Waals surface area (Å²) in [7, 11) is 0. The summed E-state index contributed by atoms with van der Waals surface area (Å²) in [6.07, 6.45) is 6.25. The molecular weight excluding hydrogens is 338 g/mol. The molecule has 5 nitrogen and oxygen atoms in total. The average molecular weight is 356 g/mol. The van der Waals surface area contributed by atoms with Crippen molar-refractivity contribution >= 4 is 23.2 Å². The summed E-state index contributed by atoms with van der Waals surface area (Å²) in [6, 6.07) is 11.3. The first-order valence-electron chi connectivity index (χ1n) is 8.26. The van der Waals surface area contributed by atoms with Crippen LogP contribution in [0.1, 0.15) is 16.8 Å². The van der Waals surface area contributed by atoms with E-state index in [1.165, 1.54) is 12.1 Å². The van der Waals surface area contributed by atoms with Crippen molar-refractivity contribution in [2.75, 3.05) is 18.0 Å². The van der Waals surface area contributed by atoms with Crippen molar-refractivity contribution in [3.8, 4) is 5.75 Å². The van der Waals surface area contributed by atoms with Crippen LogP contribution >= 0.6 is 11.6 Å². The minimum absolute atomic E-state index is 0.0913. The number of allylic oxidation sites excluding steroid dienone is 1. The number of aromatic hydroxyl groups is 1. The van der Waals surface area contributed by atoms with Crippen LogP contribution in [0.4, 0.5) is 5.82 Å². The number of piperazine rings is 1. The fraction of sp³-hybridized carbons (Fsp3) is 0.263. The quantitative estimate of drug-likeness (QED) is 0.674. The molecule has 0 unspecified atom stereocenters. The van der Waals surface area contributed by atoms with Gasteiger partial charge in [-0.15, -0.1) is 0 Å². The Morgan fingerprint density at radius 1 is 1.24 bits per heavy atom. The van der Waals surface area contributed by atoms with Crippen LogP contribution in [-0.4, -0.2) is 45.9 Å². The number of hydrogen-bond donors (Lipinski definition) is 1. The van der Waals surface area contributed by atoms with E-state index in [1.807, 2.05) is 30.6 Å². The van der Waals surface area contributed by atoms with Gasteiger partial charge < -0.3 is 14.9 Å². The zero-order valence-corrected chi connectivity index (χ0v) is 14.3. The van der Waals surface area contributed by atoms with Gasteiger partial charge in [0, 0.05) is 48.7 Å². The van der Waals surface area contributed by atoms with Gasteiger partial charge in [0.25, 0.3) is 0 Å². The summed E-state index contributed by atoms with van der Waals surface area (Å²) in [5, 5.41) is 10.3. The maximum absolute atomic E-state index is 12.3. The van der Waals surface area contributed by atoms with E-state index < -0.39 is 0 Å². The Hall–Kier alpha value is -2.53. The Bertz CT molecular complexity index is 825. The average Bonchev–Trinajstić information content (AvgIpc) is 3.21. The van der Waals surface area contributed by atoms with Gasteiger partial charge >= 0.3 is 0 Å². The molecule has 3 heterocycles. The van der Waals surface area contributed by atoms with Crippen LogP contribution in [0.15, 0.2) is 54.9 Å². The lowest BCUT2D eigenvalue weighted by Gasteiger charge is -2.34. The second kappa shape index (κ2) is 6.41. The number of hydrogen-bond acceptors (Lipinski definition) is 5. The van der Waals surface area contributed by atoms with Crippen LogP contribution in [0.3, 0.4) is 0 Å². The monoisotopic (exact) mass is 355 g/mol. The van der Waals surface area contributed by atoms with Crippen molar-refractivity contribution < 1.29 is 9.90 Å². The number of carbonyl (C=O) groups is 1. The standard InChI is InChI=1S/C19H18ClN3O2/c20-13-4-5-16(18(25)9-13)17(24)6-8-22-11-15-10-14(22)12-23(15)19-3-1-2-7-21-19/h1-9,14-15,25H,10-12H2/b8-6+/t14-,15-/m1/s1. The minimum Gasteiger partial charge on any atom is -0.507 e. The molecule has 2 bridgehead atoms. The summed E-state index contributed by atoms with van der Waals surface area (Å²) in [4.78, 5) is 21.3. The zero-order chi connectivity index (χ0) is 17.4. The van der Waals surface area contributed by atoms with E-state index in [0.717, 1.165) is 25.3 Å². The highest BCUT2D eigenvalue weighted by atomic mass is 35.5. The third kappa shape index (κ3) is 3.07. The first kappa shape index (κ1) is 16.0. The van der Waals surface area contributed by atoms with Crippen LogP contribution in [0.5, 0.6) is 5.75 Å². The molecule has 2 aliphatic rings. The van der Waals surface area contributed by atoms with Gasteiger partial charge in [-0.3, -0.25) is 4.79 Å². The molecule has 0 saturated carbocycles. The Labute approximate surface area is 151 Å². The predicted octanol–water partition coefficient (Wildman–Crippen LogP) is 3.10. The maximum Gasteiger partial charge on any atom is 0.190 e. The largest absolute Gasteiger partial charge is 0.507 e. The van der Waals surface area contributed by atoms with Gasteiger partial charge in [0.1, 0.15) is 11.6 Å². The smallest absolute Gasteiger partial charge is 0.190 e. The van der Waals surface area contributed by atoms with Gasteiger partial charge in [0.15, 0.2) is 5.78 Å². The first-order chi connectivity index (χ1) is 12.1. The van der Waals surface area contributed by atoms with Crippen LogP contribution in [0.25, 0.3) is 0 Å². The third-order valence-electron chi connectivity index (χ3n) is 4.87. The molecule has 1 N–H and O–H groups in total. The summed E-state index contributed by atoms with van der Waals surface area (Å²) in [6.45, 7) is 1.78. The number of benzene rings is 1. The van der Waals surface area contributed by atoms with Crippen molar-refractivity contribution in [3.05, 3.63) is 65.5 Å². The van der Waals surface area contributed by atoms with Gasteiger partial charge in [-0.25, -0.2) is 4.98 Å². The van der Waals surface area contributed by atoms with Crippen LogP contribution < -0.4 is 4.90 Å². The number of pyridine rings is 1. The lowest BCUT2D eigenvalue weighted by Crippen LogP contribution is -2.44. The van der Waals surface area contributed by atoms with E-state index in [0.29, 0.717) is 17.1 Å². The molecule has 1 aromatic carbocycles. The number of carbonyl (C=O) groups excluding carboxylic acids is 1. The molecule has 0 spiro atoms. The van der Waals surface area contributed by atoms with Crippen molar-refractivity contribution in [3.63, 3.8) is 0 Å². The van der Waals surface area contributed by atoms with Gasteiger partial charge in [0.05, 0.1) is 5.56 Å². The van der Waals surface area contributed by atoms with Crippen LogP contribution in [0.2, 0.25) is 5.02 Å². The van der Waals surface area contributed by atoms with Gasteiger partial charge in [-0.2, -0.15) is 0 Å². The Balaban J connectivity index is 1.42. The third-order valence-corrected chi connectivity index (χ3v) is 5.10. The van der Waals surface area contributed by atoms with E-state index in [4.69, 9.17) is 11.6 Å². The SMILES string of the molecule is O=C(/C=C/N1C[C@H]2C[C@@H]1CN2c1ccccn1)c1ccc(Cl)cc1O. The fourth-order valence-corrected chi connectivity index (χ4v) is 3.82. The molecule has 2 aromatic rings. The number of halogens is 1. The van der Waals surface area contributed by atoms with Crippen molar-refractivity contribution in [1.82, 2.24) is 9.88 Å². The molecular formula is C19H18ClN3O2. The Morgan fingerprint density at radius 2 is 2.12 bits per heavy atom.